The zero-order valence-corrected chi connectivity index (χ0v) is 13.2. The number of nitrogens with one attached hydrogen (secondary N) is 1. The van der Waals surface area contributed by atoms with Gasteiger partial charge in [-0.3, -0.25) is 0 Å². The van der Waals surface area contributed by atoms with Crippen LogP contribution in [0.5, 0.6) is 0 Å². The summed E-state index contributed by atoms with van der Waals surface area (Å²) in [5, 5.41) is 3.74. The lowest BCUT2D eigenvalue weighted by Crippen LogP contribution is -2.46. The van der Waals surface area contributed by atoms with E-state index in [1.54, 1.807) is 0 Å². The summed E-state index contributed by atoms with van der Waals surface area (Å²) in [6.45, 7) is 8.60. The fourth-order valence-corrected chi connectivity index (χ4v) is 3.20. The van der Waals surface area contributed by atoms with Crippen molar-refractivity contribution in [1.82, 2.24) is 10.2 Å². The second-order valence-electron chi connectivity index (χ2n) is 6.82. The van der Waals surface area contributed by atoms with Crippen LogP contribution in [-0.4, -0.2) is 50.3 Å². The van der Waals surface area contributed by atoms with Gasteiger partial charge in [0, 0.05) is 44.2 Å². The number of benzene rings is 1. The third-order valence-electron chi connectivity index (χ3n) is 4.72. The average molecular weight is 288 g/mol. The van der Waals surface area contributed by atoms with Gasteiger partial charge in [-0.25, -0.2) is 0 Å². The van der Waals surface area contributed by atoms with Gasteiger partial charge in [0.15, 0.2) is 0 Å². The largest absolute Gasteiger partial charge is 0.380 e. The molecule has 21 heavy (non-hydrogen) atoms. The van der Waals surface area contributed by atoms with E-state index < -0.39 is 0 Å². The quantitative estimate of drug-likeness (QED) is 0.870. The second kappa shape index (κ2) is 6.91. The van der Waals surface area contributed by atoms with Gasteiger partial charge in [-0.1, -0.05) is 37.3 Å². The molecule has 3 rings (SSSR count). The molecule has 1 saturated carbocycles. The Balaban J connectivity index is 1.70. The van der Waals surface area contributed by atoms with Crippen LogP contribution in [0.2, 0.25) is 0 Å². The molecule has 1 aromatic carbocycles. The van der Waals surface area contributed by atoms with Crippen molar-refractivity contribution in [3.05, 3.63) is 35.9 Å². The van der Waals surface area contributed by atoms with Crippen molar-refractivity contribution in [3.63, 3.8) is 0 Å². The van der Waals surface area contributed by atoms with Gasteiger partial charge in [-0.15, -0.1) is 0 Å². The normalized spacial score (nSPS) is 23.5. The fourth-order valence-electron chi connectivity index (χ4n) is 3.20. The molecule has 1 unspecified atom stereocenters. The minimum absolute atomic E-state index is 0.175. The van der Waals surface area contributed by atoms with Crippen LogP contribution in [0.1, 0.15) is 31.7 Å². The van der Waals surface area contributed by atoms with E-state index in [1.165, 1.54) is 18.4 Å². The summed E-state index contributed by atoms with van der Waals surface area (Å²) in [7, 11) is 0. The summed E-state index contributed by atoms with van der Waals surface area (Å²) >= 11 is 0. The summed E-state index contributed by atoms with van der Waals surface area (Å²) in [6, 6.07) is 11.8. The van der Waals surface area contributed by atoms with E-state index >= 15 is 0 Å². The zero-order chi connectivity index (χ0) is 14.5. The van der Waals surface area contributed by atoms with Gasteiger partial charge < -0.3 is 15.0 Å². The van der Waals surface area contributed by atoms with E-state index in [-0.39, 0.29) is 5.41 Å². The first-order valence-corrected chi connectivity index (χ1v) is 8.35. The van der Waals surface area contributed by atoms with Crippen LogP contribution < -0.4 is 5.32 Å². The molecule has 116 valence electrons. The van der Waals surface area contributed by atoms with Crippen molar-refractivity contribution in [2.75, 3.05) is 39.4 Å². The Labute approximate surface area is 128 Å². The van der Waals surface area contributed by atoms with Crippen LogP contribution in [0.25, 0.3) is 0 Å². The van der Waals surface area contributed by atoms with Crippen LogP contribution >= 0.6 is 0 Å². The third-order valence-corrected chi connectivity index (χ3v) is 4.72. The van der Waals surface area contributed by atoms with Gasteiger partial charge in [0.1, 0.15) is 0 Å². The van der Waals surface area contributed by atoms with Gasteiger partial charge in [0.2, 0.25) is 0 Å². The minimum Gasteiger partial charge on any atom is -0.380 e. The van der Waals surface area contributed by atoms with Crippen molar-refractivity contribution < 1.29 is 4.74 Å². The molecule has 1 saturated heterocycles. The maximum atomic E-state index is 5.60. The zero-order valence-electron chi connectivity index (χ0n) is 13.2. The standard InChI is InChI=1S/C18H28N2O/c1-18(14-19-17-8-9-17,16-6-3-2-4-7-16)15-20-10-5-12-21-13-11-20/h2-4,6-7,17,19H,5,8-15H2,1H3. The molecule has 1 aliphatic heterocycles. The number of hydrogen-bond acceptors (Lipinski definition) is 3. The van der Waals surface area contributed by atoms with Crippen molar-refractivity contribution in [1.29, 1.82) is 0 Å². The lowest BCUT2D eigenvalue weighted by atomic mass is 9.81. The molecule has 0 bridgehead atoms. The summed E-state index contributed by atoms with van der Waals surface area (Å²) in [4.78, 5) is 2.58. The van der Waals surface area contributed by atoms with Crippen LogP contribution in [-0.2, 0) is 10.2 Å². The number of nitrogens with zero attached hydrogens (tertiary/aromatic N) is 1. The van der Waals surface area contributed by atoms with E-state index in [0.29, 0.717) is 0 Å². The maximum absolute atomic E-state index is 5.60. The van der Waals surface area contributed by atoms with Crippen LogP contribution in [0.15, 0.2) is 30.3 Å². The molecule has 0 spiro atoms. The first-order chi connectivity index (χ1) is 10.3. The Bertz CT molecular complexity index is 424. The Morgan fingerprint density at radius 3 is 2.76 bits per heavy atom. The Morgan fingerprint density at radius 1 is 1.19 bits per heavy atom. The number of ether oxygens (including phenoxy) is 1. The number of hydrogen-bond donors (Lipinski definition) is 1. The maximum Gasteiger partial charge on any atom is 0.0593 e. The van der Waals surface area contributed by atoms with Crippen LogP contribution in [0.3, 0.4) is 0 Å². The summed E-state index contributed by atoms with van der Waals surface area (Å²) in [6.07, 6.45) is 3.85. The SMILES string of the molecule is CC(CNC1CC1)(CN1CCCOCC1)c1ccccc1. The summed E-state index contributed by atoms with van der Waals surface area (Å²) in [5.41, 5.74) is 1.62. The van der Waals surface area contributed by atoms with Gasteiger partial charge in [-0.05, 0) is 24.8 Å². The van der Waals surface area contributed by atoms with Crippen molar-refractivity contribution in [2.45, 2.75) is 37.6 Å². The van der Waals surface area contributed by atoms with E-state index in [9.17, 15) is 0 Å². The van der Waals surface area contributed by atoms with Crippen molar-refractivity contribution in [3.8, 4) is 0 Å². The van der Waals surface area contributed by atoms with E-state index in [2.05, 4.69) is 47.5 Å². The Morgan fingerprint density at radius 2 is 2.00 bits per heavy atom. The predicted molar refractivity (Wildman–Crippen MR) is 86.7 cm³/mol. The van der Waals surface area contributed by atoms with Gasteiger partial charge >= 0.3 is 0 Å². The molecule has 3 heteroatoms. The third kappa shape index (κ3) is 4.29. The average Bonchev–Trinajstić information content (AvgIpc) is 3.34. The number of rotatable bonds is 6. The molecular weight excluding hydrogens is 260 g/mol. The topological polar surface area (TPSA) is 24.5 Å². The molecule has 3 nitrogen and oxygen atoms in total. The monoisotopic (exact) mass is 288 g/mol. The second-order valence-corrected chi connectivity index (χ2v) is 6.82. The van der Waals surface area contributed by atoms with Gasteiger partial charge in [-0.2, -0.15) is 0 Å². The van der Waals surface area contributed by atoms with E-state index in [1.807, 2.05) is 0 Å². The highest BCUT2D eigenvalue weighted by atomic mass is 16.5. The lowest BCUT2D eigenvalue weighted by molar-refractivity contribution is 0.136. The van der Waals surface area contributed by atoms with Crippen LogP contribution in [0.4, 0.5) is 0 Å². The molecule has 0 radical (unpaired) electrons. The minimum atomic E-state index is 0.175. The van der Waals surface area contributed by atoms with Gasteiger partial charge in [0.25, 0.3) is 0 Å². The lowest BCUT2D eigenvalue weighted by Gasteiger charge is -2.36. The van der Waals surface area contributed by atoms with Crippen molar-refractivity contribution >= 4 is 0 Å². The van der Waals surface area contributed by atoms with E-state index in [4.69, 9.17) is 4.74 Å². The smallest absolute Gasteiger partial charge is 0.0593 e. The molecule has 1 N–H and O–H groups in total. The Kier molecular flexibility index (Phi) is 4.94. The predicted octanol–water partition coefficient (Wildman–Crippen LogP) is 2.42. The summed E-state index contributed by atoms with van der Waals surface area (Å²) in [5.74, 6) is 0. The summed E-state index contributed by atoms with van der Waals surface area (Å²) < 4.78 is 5.60. The molecule has 0 aromatic heterocycles. The molecule has 0 amide bonds. The molecule has 1 aromatic rings. The first-order valence-electron chi connectivity index (χ1n) is 8.35. The highest BCUT2D eigenvalue weighted by Crippen LogP contribution is 2.27. The highest BCUT2D eigenvalue weighted by molar-refractivity contribution is 5.26. The van der Waals surface area contributed by atoms with Gasteiger partial charge in [0.05, 0.1) is 6.61 Å². The van der Waals surface area contributed by atoms with E-state index in [0.717, 1.165) is 51.9 Å². The molecule has 1 heterocycles. The van der Waals surface area contributed by atoms with Crippen molar-refractivity contribution in [2.24, 2.45) is 0 Å². The highest BCUT2D eigenvalue weighted by Gasteiger charge is 2.32. The molecule has 2 fully saturated rings. The van der Waals surface area contributed by atoms with Crippen LogP contribution in [0, 0.1) is 0 Å². The molecule has 1 atom stereocenters. The Hall–Kier alpha value is -0.900. The molecule has 2 aliphatic rings. The molecule has 1 aliphatic carbocycles. The molecular formula is C18H28N2O. The fraction of sp³-hybridized carbons (Fsp3) is 0.667. The first kappa shape index (κ1) is 15.0.